The zero-order chi connectivity index (χ0) is 9.26. The van der Waals surface area contributed by atoms with Crippen LogP contribution in [0, 0.1) is 0 Å². The van der Waals surface area contributed by atoms with Crippen LogP contribution < -0.4 is 0 Å². The van der Waals surface area contributed by atoms with Crippen molar-refractivity contribution in [3.05, 3.63) is 0 Å². The fourth-order valence-electron chi connectivity index (χ4n) is 1.03. The van der Waals surface area contributed by atoms with Crippen LogP contribution in [0.25, 0.3) is 0 Å². The Morgan fingerprint density at radius 2 is 1.46 bits per heavy atom. The van der Waals surface area contributed by atoms with E-state index in [2.05, 4.69) is 9.47 Å². The van der Waals surface area contributed by atoms with E-state index in [9.17, 15) is 9.59 Å². The lowest BCUT2D eigenvalue weighted by molar-refractivity contribution is -0.258. The van der Waals surface area contributed by atoms with Crippen LogP contribution in [-0.4, -0.2) is 48.6 Å². The lowest BCUT2D eigenvalue weighted by atomic mass is 10.7. The minimum absolute atomic E-state index is 0.279. The van der Waals surface area contributed by atoms with Crippen molar-refractivity contribution in [2.24, 2.45) is 0 Å². The Morgan fingerprint density at radius 3 is 1.77 bits per heavy atom. The van der Waals surface area contributed by atoms with Crippen LogP contribution in [0.3, 0.4) is 0 Å². The molecule has 0 unspecified atom stereocenters. The number of carbonyl (C=O) groups is 2. The summed E-state index contributed by atoms with van der Waals surface area (Å²) >= 11 is 0. The van der Waals surface area contributed by atoms with E-state index < -0.39 is 12.2 Å². The van der Waals surface area contributed by atoms with E-state index in [0.717, 1.165) is 10.1 Å². The summed E-state index contributed by atoms with van der Waals surface area (Å²) in [5, 5.41) is 1.96. The molecule has 72 valence electrons. The highest BCUT2D eigenvalue weighted by Gasteiger charge is 2.31. The Balaban J connectivity index is 1.89. The summed E-state index contributed by atoms with van der Waals surface area (Å²) in [4.78, 5) is 26.7. The molecule has 2 rings (SSSR count). The van der Waals surface area contributed by atoms with Crippen molar-refractivity contribution in [3.63, 3.8) is 0 Å². The second-order valence-corrected chi connectivity index (χ2v) is 2.51. The van der Waals surface area contributed by atoms with Crippen molar-refractivity contribution in [1.29, 1.82) is 0 Å². The van der Waals surface area contributed by atoms with E-state index in [0.29, 0.717) is 13.1 Å². The minimum Gasteiger partial charge on any atom is -0.446 e. The third-order valence-electron chi connectivity index (χ3n) is 1.64. The molecule has 0 N–H and O–H groups in total. The SMILES string of the molecule is O=C1OCCN1ON1CCOC1=O. The molecule has 2 heterocycles. The number of hydrogen-bond acceptors (Lipinski definition) is 5. The van der Waals surface area contributed by atoms with Gasteiger partial charge in [0.25, 0.3) is 0 Å². The monoisotopic (exact) mass is 188 g/mol. The number of hydrogen-bond donors (Lipinski definition) is 0. The molecule has 2 aliphatic heterocycles. The summed E-state index contributed by atoms with van der Waals surface area (Å²) in [6, 6.07) is 0. The van der Waals surface area contributed by atoms with Crippen LogP contribution in [0.1, 0.15) is 0 Å². The summed E-state index contributed by atoms with van der Waals surface area (Å²) in [6.07, 6.45) is -1.17. The van der Waals surface area contributed by atoms with Crippen LogP contribution in [0.15, 0.2) is 0 Å². The van der Waals surface area contributed by atoms with E-state index in [1.165, 1.54) is 0 Å². The molecular formula is C6H8N2O5. The summed E-state index contributed by atoms with van der Waals surface area (Å²) in [6.45, 7) is 1.20. The maximum atomic E-state index is 10.9. The molecule has 2 aliphatic rings. The minimum atomic E-state index is -0.584. The summed E-state index contributed by atoms with van der Waals surface area (Å²) in [5.41, 5.74) is 0. The fourth-order valence-corrected chi connectivity index (χ4v) is 1.03. The maximum absolute atomic E-state index is 10.9. The maximum Gasteiger partial charge on any atom is 0.436 e. The molecule has 0 bridgehead atoms. The number of rotatable bonds is 2. The quantitative estimate of drug-likeness (QED) is 0.597. The largest absolute Gasteiger partial charge is 0.446 e. The van der Waals surface area contributed by atoms with E-state index in [1.807, 2.05) is 0 Å². The van der Waals surface area contributed by atoms with E-state index in [-0.39, 0.29) is 13.2 Å². The Kier molecular flexibility index (Phi) is 1.93. The van der Waals surface area contributed by atoms with Crippen molar-refractivity contribution >= 4 is 12.2 Å². The highest BCUT2D eigenvalue weighted by Crippen LogP contribution is 2.10. The first-order chi connectivity index (χ1) is 6.27. The molecule has 0 spiro atoms. The third kappa shape index (κ3) is 1.50. The van der Waals surface area contributed by atoms with Crippen molar-refractivity contribution < 1.29 is 24.0 Å². The predicted octanol–water partition coefficient (Wildman–Crippen LogP) is -0.263. The molecule has 0 aliphatic carbocycles. The van der Waals surface area contributed by atoms with Gasteiger partial charge in [0, 0.05) is 0 Å². The molecule has 0 saturated carbocycles. The van der Waals surface area contributed by atoms with Gasteiger partial charge in [-0.05, 0) is 0 Å². The number of carbonyl (C=O) groups excluding carboxylic acids is 2. The molecule has 0 radical (unpaired) electrons. The second kappa shape index (κ2) is 3.09. The van der Waals surface area contributed by atoms with E-state index >= 15 is 0 Å². The Bertz CT molecular complexity index is 219. The van der Waals surface area contributed by atoms with Gasteiger partial charge in [-0.3, -0.25) is 0 Å². The van der Waals surface area contributed by atoms with Gasteiger partial charge in [-0.25, -0.2) is 9.59 Å². The summed E-state index contributed by atoms with van der Waals surface area (Å²) in [7, 11) is 0. The molecule has 13 heavy (non-hydrogen) atoms. The van der Waals surface area contributed by atoms with Crippen LogP contribution in [0.2, 0.25) is 0 Å². The number of cyclic esters (lactones) is 2. The molecule has 0 atom stereocenters. The van der Waals surface area contributed by atoms with Crippen molar-refractivity contribution in [2.75, 3.05) is 26.3 Å². The molecular weight excluding hydrogens is 180 g/mol. The summed E-state index contributed by atoms with van der Waals surface area (Å²) in [5.74, 6) is 0. The Hall–Kier alpha value is -1.50. The lowest BCUT2D eigenvalue weighted by Crippen LogP contribution is -2.36. The molecule has 2 fully saturated rings. The van der Waals surface area contributed by atoms with Gasteiger partial charge in [0.2, 0.25) is 0 Å². The van der Waals surface area contributed by atoms with Gasteiger partial charge in [-0.1, -0.05) is 0 Å². The van der Waals surface area contributed by atoms with E-state index in [4.69, 9.17) is 4.94 Å². The first kappa shape index (κ1) is 8.11. The van der Waals surface area contributed by atoms with Gasteiger partial charge in [-0.15, -0.1) is 4.94 Å². The van der Waals surface area contributed by atoms with Gasteiger partial charge in [-0.2, -0.15) is 10.1 Å². The van der Waals surface area contributed by atoms with Crippen LogP contribution in [-0.2, 0) is 14.4 Å². The first-order valence-electron chi connectivity index (χ1n) is 3.84. The van der Waals surface area contributed by atoms with Crippen molar-refractivity contribution in [1.82, 2.24) is 10.1 Å². The van der Waals surface area contributed by atoms with Gasteiger partial charge in [0.15, 0.2) is 0 Å². The third-order valence-corrected chi connectivity index (χ3v) is 1.64. The Labute approximate surface area is 73.6 Å². The first-order valence-corrected chi connectivity index (χ1v) is 3.84. The number of hydroxylamine groups is 4. The fraction of sp³-hybridized carbons (Fsp3) is 0.667. The molecule has 0 aromatic heterocycles. The van der Waals surface area contributed by atoms with E-state index in [1.54, 1.807) is 0 Å². The smallest absolute Gasteiger partial charge is 0.436 e. The standard InChI is InChI=1S/C6H8N2O5/c9-5-7(1-3-11-5)13-8-2-4-12-6(8)10/h1-4H2. The van der Waals surface area contributed by atoms with Gasteiger partial charge in [0.1, 0.15) is 13.2 Å². The zero-order valence-corrected chi connectivity index (χ0v) is 6.76. The van der Waals surface area contributed by atoms with Gasteiger partial charge in [0.05, 0.1) is 13.1 Å². The molecule has 0 aromatic rings. The van der Waals surface area contributed by atoms with Gasteiger partial charge >= 0.3 is 12.2 Å². The average molecular weight is 188 g/mol. The molecule has 7 heteroatoms. The van der Waals surface area contributed by atoms with Gasteiger partial charge < -0.3 is 9.47 Å². The number of ether oxygens (including phenoxy) is 2. The number of amides is 2. The summed E-state index contributed by atoms with van der Waals surface area (Å²) < 4.78 is 9.19. The molecule has 2 amide bonds. The Morgan fingerprint density at radius 1 is 1.00 bits per heavy atom. The van der Waals surface area contributed by atoms with Crippen LogP contribution in [0.5, 0.6) is 0 Å². The topological polar surface area (TPSA) is 68.3 Å². The molecule has 0 aromatic carbocycles. The average Bonchev–Trinajstić information content (AvgIpc) is 2.65. The highest BCUT2D eigenvalue weighted by atomic mass is 16.9. The normalized spacial score (nSPS) is 22.2. The number of nitrogens with zero attached hydrogens (tertiary/aromatic N) is 2. The van der Waals surface area contributed by atoms with Crippen LogP contribution in [0.4, 0.5) is 9.59 Å². The zero-order valence-electron chi connectivity index (χ0n) is 6.76. The molecule has 2 saturated heterocycles. The van der Waals surface area contributed by atoms with Crippen molar-refractivity contribution in [2.45, 2.75) is 0 Å². The molecule has 7 nitrogen and oxygen atoms in total. The lowest BCUT2D eigenvalue weighted by Gasteiger charge is -2.17. The highest BCUT2D eigenvalue weighted by molar-refractivity contribution is 5.69. The van der Waals surface area contributed by atoms with Crippen LogP contribution >= 0.6 is 0 Å². The van der Waals surface area contributed by atoms with Crippen molar-refractivity contribution in [3.8, 4) is 0 Å². The predicted molar refractivity (Wildman–Crippen MR) is 37.2 cm³/mol. The second-order valence-electron chi connectivity index (χ2n) is 2.51.